The van der Waals surface area contributed by atoms with Crippen molar-refractivity contribution in [3.8, 4) is 5.75 Å². The third kappa shape index (κ3) is 4.65. The smallest absolute Gasteiger partial charge is 0.406 e. The second-order valence-electron chi connectivity index (χ2n) is 5.33. The molecule has 0 radical (unpaired) electrons. The van der Waals surface area contributed by atoms with E-state index in [-0.39, 0.29) is 23.6 Å². The van der Waals surface area contributed by atoms with Gasteiger partial charge in [-0.15, -0.1) is 13.2 Å². The predicted molar refractivity (Wildman–Crippen MR) is 71.6 cm³/mol. The van der Waals surface area contributed by atoms with E-state index >= 15 is 0 Å². The Balaban J connectivity index is 1.93. The van der Waals surface area contributed by atoms with Gasteiger partial charge in [0.15, 0.2) is 0 Å². The van der Waals surface area contributed by atoms with Gasteiger partial charge in [0.05, 0.1) is 6.04 Å². The highest BCUT2D eigenvalue weighted by Gasteiger charge is 2.31. The molecule has 0 unspecified atom stereocenters. The SMILES string of the molecule is C[C@H](NC(=O)C1CCCC1)c1ccc(OC(F)(F)F)cc1. The molecule has 1 aromatic rings. The van der Waals surface area contributed by atoms with Crippen LogP contribution in [0.25, 0.3) is 0 Å². The monoisotopic (exact) mass is 301 g/mol. The molecule has 1 N–H and O–H groups in total. The van der Waals surface area contributed by atoms with Crippen molar-refractivity contribution in [2.24, 2.45) is 5.92 Å². The summed E-state index contributed by atoms with van der Waals surface area (Å²) in [5, 5.41) is 2.90. The lowest BCUT2D eigenvalue weighted by molar-refractivity contribution is -0.274. The van der Waals surface area contributed by atoms with Crippen LogP contribution in [0.2, 0.25) is 0 Å². The molecule has 0 bridgehead atoms. The molecule has 0 aliphatic heterocycles. The van der Waals surface area contributed by atoms with Crippen LogP contribution >= 0.6 is 0 Å². The van der Waals surface area contributed by atoms with E-state index in [0.717, 1.165) is 31.2 Å². The summed E-state index contributed by atoms with van der Waals surface area (Å²) in [4.78, 5) is 12.0. The molecule has 1 aliphatic carbocycles. The third-order valence-corrected chi connectivity index (χ3v) is 3.70. The number of benzene rings is 1. The molecule has 0 saturated heterocycles. The minimum atomic E-state index is -4.69. The number of ether oxygens (including phenoxy) is 1. The van der Waals surface area contributed by atoms with Crippen LogP contribution in [-0.2, 0) is 4.79 Å². The molecule has 1 atom stereocenters. The van der Waals surface area contributed by atoms with E-state index in [1.165, 1.54) is 24.3 Å². The Bertz CT molecular complexity index is 479. The quantitative estimate of drug-likeness (QED) is 0.914. The van der Waals surface area contributed by atoms with Crippen LogP contribution in [0.15, 0.2) is 24.3 Å². The molecular formula is C15H18F3NO2. The summed E-state index contributed by atoms with van der Waals surface area (Å²) < 4.78 is 40.0. The first-order chi connectivity index (χ1) is 9.85. The van der Waals surface area contributed by atoms with E-state index < -0.39 is 6.36 Å². The lowest BCUT2D eigenvalue weighted by Gasteiger charge is -2.18. The number of halogens is 3. The van der Waals surface area contributed by atoms with Crippen molar-refractivity contribution in [1.29, 1.82) is 0 Å². The zero-order chi connectivity index (χ0) is 15.5. The number of amides is 1. The van der Waals surface area contributed by atoms with Gasteiger partial charge in [0.1, 0.15) is 5.75 Å². The van der Waals surface area contributed by atoms with Crippen LogP contribution in [-0.4, -0.2) is 12.3 Å². The van der Waals surface area contributed by atoms with Crippen molar-refractivity contribution in [3.63, 3.8) is 0 Å². The van der Waals surface area contributed by atoms with Crippen molar-refractivity contribution in [1.82, 2.24) is 5.32 Å². The van der Waals surface area contributed by atoms with E-state index in [4.69, 9.17) is 0 Å². The van der Waals surface area contributed by atoms with Crippen LogP contribution in [0.3, 0.4) is 0 Å². The minimum absolute atomic E-state index is 0.0237. The summed E-state index contributed by atoms with van der Waals surface area (Å²) in [5.41, 5.74) is 0.746. The van der Waals surface area contributed by atoms with E-state index in [2.05, 4.69) is 10.1 Å². The van der Waals surface area contributed by atoms with Crippen LogP contribution in [0.1, 0.15) is 44.2 Å². The third-order valence-electron chi connectivity index (χ3n) is 3.70. The second-order valence-corrected chi connectivity index (χ2v) is 5.33. The Labute approximate surface area is 121 Å². The normalized spacial score (nSPS) is 17.5. The number of rotatable bonds is 4. The fourth-order valence-electron chi connectivity index (χ4n) is 2.56. The summed E-state index contributed by atoms with van der Waals surface area (Å²) in [7, 11) is 0. The molecule has 116 valence electrons. The highest BCUT2D eigenvalue weighted by atomic mass is 19.4. The van der Waals surface area contributed by atoms with Gasteiger partial charge in [0.25, 0.3) is 0 Å². The average Bonchev–Trinajstić information content (AvgIpc) is 2.91. The molecule has 2 rings (SSSR count). The van der Waals surface area contributed by atoms with Crippen molar-refractivity contribution in [3.05, 3.63) is 29.8 Å². The number of hydrogen-bond acceptors (Lipinski definition) is 2. The van der Waals surface area contributed by atoms with Crippen molar-refractivity contribution < 1.29 is 22.7 Å². The maximum Gasteiger partial charge on any atom is 0.573 e. The first kappa shape index (κ1) is 15.7. The Morgan fingerprint density at radius 3 is 2.33 bits per heavy atom. The number of carbonyl (C=O) groups is 1. The second kappa shape index (κ2) is 6.37. The molecule has 0 spiro atoms. The zero-order valence-corrected chi connectivity index (χ0v) is 11.7. The first-order valence-corrected chi connectivity index (χ1v) is 7.01. The lowest BCUT2D eigenvalue weighted by atomic mass is 10.0. The standard InChI is InChI=1S/C15H18F3NO2/c1-10(19-14(20)12-4-2-3-5-12)11-6-8-13(9-7-11)21-15(16,17)18/h6-10,12H,2-5H2,1H3,(H,19,20)/t10-/m0/s1. The predicted octanol–water partition coefficient (Wildman–Crippen LogP) is 3.95. The lowest BCUT2D eigenvalue weighted by Crippen LogP contribution is -2.31. The average molecular weight is 301 g/mol. The molecular weight excluding hydrogens is 283 g/mol. The molecule has 0 heterocycles. The molecule has 6 heteroatoms. The fourth-order valence-corrected chi connectivity index (χ4v) is 2.56. The fraction of sp³-hybridized carbons (Fsp3) is 0.533. The van der Waals surface area contributed by atoms with Crippen LogP contribution < -0.4 is 10.1 Å². The molecule has 0 aromatic heterocycles. The number of hydrogen-bond donors (Lipinski definition) is 1. The topological polar surface area (TPSA) is 38.3 Å². The summed E-state index contributed by atoms with van der Waals surface area (Å²) in [6.07, 6.45) is -0.705. The maximum absolute atomic E-state index is 12.1. The van der Waals surface area contributed by atoms with Crippen LogP contribution in [0, 0.1) is 5.92 Å². The molecule has 1 fully saturated rings. The van der Waals surface area contributed by atoms with Crippen LogP contribution in [0.4, 0.5) is 13.2 Å². The maximum atomic E-state index is 12.1. The van der Waals surface area contributed by atoms with E-state index in [0.29, 0.717) is 0 Å². The summed E-state index contributed by atoms with van der Waals surface area (Å²) in [5.74, 6) is -0.170. The van der Waals surface area contributed by atoms with Gasteiger partial charge in [0, 0.05) is 5.92 Å². The molecule has 1 aromatic carbocycles. The van der Waals surface area contributed by atoms with Gasteiger partial charge in [-0.05, 0) is 37.5 Å². The minimum Gasteiger partial charge on any atom is -0.406 e. The van der Waals surface area contributed by atoms with Crippen molar-refractivity contribution >= 4 is 5.91 Å². The van der Waals surface area contributed by atoms with Gasteiger partial charge in [-0.3, -0.25) is 4.79 Å². The van der Waals surface area contributed by atoms with E-state index in [1.807, 2.05) is 6.92 Å². The Morgan fingerprint density at radius 1 is 1.24 bits per heavy atom. The van der Waals surface area contributed by atoms with Gasteiger partial charge < -0.3 is 10.1 Å². The summed E-state index contributed by atoms with van der Waals surface area (Å²) in [6.45, 7) is 1.81. The van der Waals surface area contributed by atoms with Crippen molar-refractivity contribution in [2.45, 2.75) is 45.0 Å². The van der Waals surface area contributed by atoms with E-state index in [9.17, 15) is 18.0 Å². The number of nitrogens with one attached hydrogen (secondary N) is 1. The van der Waals surface area contributed by atoms with Crippen molar-refractivity contribution in [2.75, 3.05) is 0 Å². The Hall–Kier alpha value is -1.72. The highest BCUT2D eigenvalue weighted by Crippen LogP contribution is 2.27. The van der Waals surface area contributed by atoms with Gasteiger partial charge in [-0.2, -0.15) is 0 Å². The number of carbonyl (C=O) groups excluding carboxylic acids is 1. The molecule has 21 heavy (non-hydrogen) atoms. The Morgan fingerprint density at radius 2 is 1.81 bits per heavy atom. The van der Waals surface area contributed by atoms with Gasteiger partial charge in [0.2, 0.25) is 5.91 Å². The largest absolute Gasteiger partial charge is 0.573 e. The van der Waals surface area contributed by atoms with Gasteiger partial charge in [-0.25, -0.2) is 0 Å². The molecule has 3 nitrogen and oxygen atoms in total. The van der Waals surface area contributed by atoms with E-state index in [1.54, 1.807) is 0 Å². The molecule has 1 amide bonds. The van der Waals surface area contributed by atoms with Gasteiger partial charge in [-0.1, -0.05) is 25.0 Å². The Kier molecular flexibility index (Phi) is 4.75. The number of alkyl halides is 3. The summed E-state index contributed by atoms with van der Waals surface area (Å²) in [6, 6.07) is 5.32. The highest BCUT2D eigenvalue weighted by molar-refractivity contribution is 5.79. The molecule has 1 saturated carbocycles. The summed E-state index contributed by atoms with van der Waals surface area (Å²) >= 11 is 0. The van der Waals surface area contributed by atoms with Crippen LogP contribution in [0.5, 0.6) is 5.75 Å². The van der Waals surface area contributed by atoms with Gasteiger partial charge >= 0.3 is 6.36 Å². The zero-order valence-electron chi connectivity index (χ0n) is 11.7. The first-order valence-electron chi connectivity index (χ1n) is 7.01. The molecule has 1 aliphatic rings.